The maximum absolute atomic E-state index is 12.7. The van der Waals surface area contributed by atoms with Gasteiger partial charge < -0.3 is 0 Å². The minimum atomic E-state index is -1.01. The number of nitrogens with one attached hydrogen (secondary N) is 1. The van der Waals surface area contributed by atoms with Crippen molar-refractivity contribution in [2.75, 3.05) is 0 Å². The fraction of sp³-hybridized carbons (Fsp3) is 0. The van der Waals surface area contributed by atoms with Crippen molar-refractivity contribution >= 4 is 0 Å². The van der Waals surface area contributed by atoms with E-state index in [9.17, 15) is 13.6 Å². The second-order valence-electron chi connectivity index (χ2n) is 2.57. The average molecular weight is 198 g/mol. The zero-order valence-electron chi connectivity index (χ0n) is 6.75. The van der Waals surface area contributed by atoms with Gasteiger partial charge in [-0.1, -0.05) is 5.16 Å². The number of halogens is 2. The number of hydrogen-bond donors (Lipinski definition) is 1. The van der Waals surface area contributed by atoms with E-state index in [1.807, 2.05) is 0 Å². The van der Waals surface area contributed by atoms with Crippen LogP contribution in [0.5, 0.6) is 0 Å². The summed E-state index contributed by atoms with van der Waals surface area (Å²) in [6.45, 7) is 0. The zero-order valence-corrected chi connectivity index (χ0v) is 6.75. The summed E-state index contributed by atoms with van der Waals surface area (Å²) in [5.74, 6) is -2.65. The highest BCUT2D eigenvalue weighted by atomic mass is 19.2. The standard InChI is InChI=1S/C8H4F2N2O2/c9-5-2-1-4(3-6(5)10)7-11-8(13)14-12-7/h1-3H,(H,11,12,13). The monoisotopic (exact) mass is 198 g/mol. The van der Waals surface area contributed by atoms with E-state index >= 15 is 0 Å². The average Bonchev–Trinajstić information content (AvgIpc) is 2.57. The van der Waals surface area contributed by atoms with Crippen LogP contribution in [-0.4, -0.2) is 10.1 Å². The molecule has 0 spiro atoms. The third kappa shape index (κ3) is 1.41. The van der Waals surface area contributed by atoms with Crippen LogP contribution in [0, 0.1) is 11.6 Å². The molecule has 1 heterocycles. The minimum Gasteiger partial charge on any atom is -0.296 e. The van der Waals surface area contributed by atoms with Crippen molar-refractivity contribution in [3.8, 4) is 11.4 Å². The van der Waals surface area contributed by atoms with E-state index in [0.717, 1.165) is 12.1 Å². The van der Waals surface area contributed by atoms with Crippen LogP contribution in [0.2, 0.25) is 0 Å². The first-order valence-corrected chi connectivity index (χ1v) is 3.68. The van der Waals surface area contributed by atoms with Gasteiger partial charge in [0.25, 0.3) is 0 Å². The van der Waals surface area contributed by atoms with Gasteiger partial charge in [-0.3, -0.25) is 9.51 Å². The van der Waals surface area contributed by atoms with Crippen molar-refractivity contribution in [2.24, 2.45) is 0 Å². The van der Waals surface area contributed by atoms with E-state index in [-0.39, 0.29) is 11.4 Å². The molecular formula is C8H4F2N2O2. The highest BCUT2D eigenvalue weighted by molar-refractivity contribution is 5.53. The van der Waals surface area contributed by atoms with Crippen molar-refractivity contribution < 1.29 is 13.3 Å². The van der Waals surface area contributed by atoms with Gasteiger partial charge in [-0.2, -0.15) is 0 Å². The molecule has 1 aromatic heterocycles. The third-order valence-corrected chi connectivity index (χ3v) is 1.63. The molecule has 0 amide bonds. The Morgan fingerprint density at radius 2 is 2.07 bits per heavy atom. The van der Waals surface area contributed by atoms with E-state index in [0.29, 0.717) is 0 Å². The summed E-state index contributed by atoms with van der Waals surface area (Å²) in [5, 5.41) is 3.32. The molecule has 14 heavy (non-hydrogen) atoms. The highest BCUT2D eigenvalue weighted by Gasteiger charge is 2.07. The molecule has 0 atom stereocenters. The Morgan fingerprint density at radius 3 is 2.64 bits per heavy atom. The van der Waals surface area contributed by atoms with Crippen LogP contribution in [0.25, 0.3) is 11.4 Å². The second kappa shape index (κ2) is 3.06. The Kier molecular flexibility index (Phi) is 1.88. The van der Waals surface area contributed by atoms with E-state index in [1.54, 1.807) is 0 Å². The van der Waals surface area contributed by atoms with Crippen LogP contribution in [-0.2, 0) is 0 Å². The first-order chi connectivity index (χ1) is 6.66. The number of aromatic amines is 1. The highest BCUT2D eigenvalue weighted by Crippen LogP contribution is 2.16. The van der Waals surface area contributed by atoms with Crippen molar-refractivity contribution in [3.05, 3.63) is 40.4 Å². The van der Waals surface area contributed by atoms with Gasteiger partial charge in [0.1, 0.15) is 0 Å². The van der Waals surface area contributed by atoms with Crippen molar-refractivity contribution in [2.45, 2.75) is 0 Å². The number of nitrogens with zero attached hydrogens (tertiary/aromatic N) is 1. The third-order valence-electron chi connectivity index (χ3n) is 1.63. The topological polar surface area (TPSA) is 58.9 Å². The molecule has 0 radical (unpaired) electrons. The Bertz CT molecular complexity index is 518. The second-order valence-corrected chi connectivity index (χ2v) is 2.57. The predicted molar refractivity (Wildman–Crippen MR) is 42.5 cm³/mol. The maximum atomic E-state index is 12.7. The molecule has 0 saturated carbocycles. The predicted octanol–water partition coefficient (Wildman–Crippen LogP) is 1.31. The fourth-order valence-corrected chi connectivity index (χ4v) is 0.998. The molecule has 6 heteroatoms. The van der Waals surface area contributed by atoms with Crippen LogP contribution >= 0.6 is 0 Å². The van der Waals surface area contributed by atoms with E-state index in [1.165, 1.54) is 6.07 Å². The van der Waals surface area contributed by atoms with Crippen molar-refractivity contribution in [1.82, 2.24) is 10.1 Å². The lowest BCUT2D eigenvalue weighted by Gasteiger charge is -1.95. The number of benzene rings is 1. The summed E-state index contributed by atoms with van der Waals surface area (Å²) in [6.07, 6.45) is 0. The Morgan fingerprint density at radius 1 is 1.29 bits per heavy atom. The summed E-state index contributed by atoms with van der Waals surface area (Å²) in [6, 6.07) is 3.15. The molecule has 0 aliphatic heterocycles. The number of rotatable bonds is 1. The summed E-state index contributed by atoms with van der Waals surface area (Å²) >= 11 is 0. The fourth-order valence-electron chi connectivity index (χ4n) is 0.998. The van der Waals surface area contributed by atoms with Crippen LogP contribution in [0.1, 0.15) is 0 Å². The molecule has 0 fully saturated rings. The first-order valence-electron chi connectivity index (χ1n) is 3.68. The van der Waals surface area contributed by atoms with E-state index < -0.39 is 17.4 Å². The van der Waals surface area contributed by atoms with Crippen LogP contribution in [0.15, 0.2) is 27.5 Å². The Hall–Kier alpha value is -1.98. The lowest BCUT2D eigenvalue weighted by atomic mass is 10.2. The molecule has 72 valence electrons. The maximum Gasteiger partial charge on any atom is 0.439 e. The van der Waals surface area contributed by atoms with Crippen LogP contribution in [0.3, 0.4) is 0 Å². The smallest absolute Gasteiger partial charge is 0.296 e. The van der Waals surface area contributed by atoms with Crippen molar-refractivity contribution in [3.63, 3.8) is 0 Å². The molecular weight excluding hydrogens is 194 g/mol. The number of aromatic nitrogens is 2. The Labute approximate surface area is 76.2 Å². The van der Waals surface area contributed by atoms with E-state index in [4.69, 9.17) is 0 Å². The SMILES string of the molecule is O=c1[nH]c(-c2ccc(F)c(F)c2)no1. The quantitative estimate of drug-likeness (QED) is 0.751. The van der Waals surface area contributed by atoms with Gasteiger partial charge in [0, 0.05) is 5.56 Å². The Balaban J connectivity index is 2.52. The van der Waals surface area contributed by atoms with Crippen LogP contribution < -0.4 is 5.76 Å². The molecule has 1 aromatic carbocycles. The minimum absolute atomic E-state index is 0.0638. The summed E-state index contributed by atoms with van der Waals surface area (Å²) in [7, 11) is 0. The number of hydrogen-bond acceptors (Lipinski definition) is 3. The molecule has 2 aromatic rings. The molecule has 0 aliphatic carbocycles. The lowest BCUT2D eigenvalue weighted by Crippen LogP contribution is -1.95. The molecule has 0 unspecified atom stereocenters. The first kappa shape index (κ1) is 8.61. The molecule has 0 bridgehead atoms. The van der Waals surface area contributed by atoms with Crippen molar-refractivity contribution in [1.29, 1.82) is 0 Å². The largest absolute Gasteiger partial charge is 0.439 e. The number of H-pyrrole nitrogens is 1. The summed E-state index contributed by atoms with van der Waals surface area (Å²) in [5.41, 5.74) is 0.245. The normalized spacial score (nSPS) is 10.4. The van der Waals surface area contributed by atoms with Crippen LogP contribution in [0.4, 0.5) is 8.78 Å². The molecule has 2 rings (SSSR count). The lowest BCUT2D eigenvalue weighted by molar-refractivity contribution is 0.388. The summed E-state index contributed by atoms with van der Waals surface area (Å²) in [4.78, 5) is 12.8. The molecule has 0 aliphatic rings. The van der Waals surface area contributed by atoms with Gasteiger partial charge >= 0.3 is 5.76 Å². The van der Waals surface area contributed by atoms with Gasteiger partial charge in [0.05, 0.1) is 0 Å². The van der Waals surface area contributed by atoms with Gasteiger partial charge in [0.2, 0.25) is 0 Å². The molecule has 0 saturated heterocycles. The molecule has 4 nitrogen and oxygen atoms in total. The molecule has 1 N–H and O–H groups in total. The van der Waals surface area contributed by atoms with Gasteiger partial charge in [-0.15, -0.1) is 0 Å². The van der Waals surface area contributed by atoms with E-state index in [2.05, 4.69) is 14.7 Å². The van der Waals surface area contributed by atoms with Gasteiger partial charge in [-0.05, 0) is 18.2 Å². The zero-order chi connectivity index (χ0) is 10.1. The van der Waals surface area contributed by atoms with Gasteiger partial charge in [-0.25, -0.2) is 13.6 Å². The summed E-state index contributed by atoms with van der Waals surface area (Å²) < 4.78 is 29.5. The van der Waals surface area contributed by atoms with Gasteiger partial charge in [0.15, 0.2) is 17.5 Å².